The van der Waals surface area contributed by atoms with Gasteiger partial charge >= 0.3 is 5.97 Å². The van der Waals surface area contributed by atoms with Gasteiger partial charge in [0.1, 0.15) is 21.1 Å². The molecule has 10 heteroatoms. The Morgan fingerprint density at radius 3 is 2.64 bits per heavy atom. The van der Waals surface area contributed by atoms with Crippen molar-refractivity contribution < 1.29 is 22.7 Å². The van der Waals surface area contributed by atoms with Gasteiger partial charge in [0.2, 0.25) is 5.43 Å². The zero-order chi connectivity index (χ0) is 23.4. The van der Waals surface area contributed by atoms with Gasteiger partial charge in [-0.3, -0.25) is 9.48 Å². The van der Waals surface area contributed by atoms with E-state index in [9.17, 15) is 18.0 Å². The smallest absolute Gasteiger partial charge is 0.343 e. The molecule has 174 valence electrons. The van der Waals surface area contributed by atoms with Crippen molar-refractivity contribution in [2.24, 2.45) is 5.41 Å². The summed E-state index contributed by atoms with van der Waals surface area (Å²) in [5.74, 6) is -0.669. The first-order valence-corrected chi connectivity index (χ1v) is 13.0. The van der Waals surface area contributed by atoms with E-state index < -0.39 is 26.7 Å². The molecule has 1 fully saturated rings. The van der Waals surface area contributed by atoms with Crippen LogP contribution in [0.15, 0.2) is 35.3 Å². The third kappa shape index (κ3) is 3.92. The van der Waals surface area contributed by atoms with Crippen LogP contribution in [0.3, 0.4) is 0 Å². The van der Waals surface area contributed by atoms with Crippen molar-refractivity contribution in [3.63, 3.8) is 0 Å². The molecule has 0 N–H and O–H groups in total. The molecule has 33 heavy (non-hydrogen) atoms. The van der Waals surface area contributed by atoms with E-state index in [1.165, 1.54) is 12.5 Å². The third-order valence-corrected chi connectivity index (χ3v) is 7.34. The Hall–Kier alpha value is -3.14. The summed E-state index contributed by atoms with van der Waals surface area (Å²) in [6, 6.07) is 7.64. The van der Waals surface area contributed by atoms with Gasteiger partial charge in [-0.1, -0.05) is 18.2 Å². The summed E-state index contributed by atoms with van der Waals surface area (Å²) in [4.78, 5) is 26.0. The number of aromatic nitrogens is 3. The summed E-state index contributed by atoms with van der Waals surface area (Å²) in [6.07, 6.45) is 4.15. The Bertz CT molecular complexity index is 1430. The molecule has 0 radical (unpaired) electrons. The van der Waals surface area contributed by atoms with Crippen LogP contribution in [0.5, 0.6) is 5.75 Å². The topological polar surface area (TPSA) is 109 Å². The minimum Gasteiger partial charge on any atom is -0.487 e. The largest absolute Gasteiger partial charge is 0.487 e. The normalized spacial score (nSPS) is 16.2. The van der Waals surface area contributed by atoms with Gasteiger partial charge in [0.05, 0.1) is 36.7 Å². The second-order valence-electron chi connectivity index (χ2n) is 8.91. The summed E-state index contributed by atoms with van der Waals surface area (Å²) < 4.78 is 38.7. The minimum absolute atomic E-state index is 0.00194. The van der Waals surface area contributed by atoms with E-state index in [0.717, 1.165) is 16.6 Å². The van der Waals surface area contributed by atoms with Crippen molar-refractivity contribution in [3.8, 4) is 17.1 Å². The van der Waals surface area contributed by atoms with Crippen molar-refractivity contribution >= 4 is 26.7 Å². The van der Waals surface area contributed by atoms with Crippen molar-refractivity contribution in [3.05, 3.63) is 46.2 Å². The van der Waals surface area contributed by atoms with Crippen molar-refractivity contribution in [2.75, 3.05) is 25.2 Å². The molecule has 1 saturated carbocycles. The zero-order valence-corrected chi connectivity index (χ0v) is 19.4. The first-order chi connectivity index (χ1) is 15.7. The van der Waals surface area contributed by atoms with Crippen LogP contribution in [-0.4, -0.2) is 54.0 Å². The fraction of sp³-hybridized carbons (Fsp3) is 0.435. The van der Waals surface area contributed by atoms with Crippen LogP contribution in [0.1, 0.15) is 30.1 Å². The van der Waals surface area contributed by atoms with Crippen LogP contribution >= 0.6 is 0 Å². The van der Waals surface area contributed by atoms with Crippen molar-refractivity contribution in [1.29, 1.82) is 0 Å². The maximum atomic E-state index is 13.5. The van der Waals surface area contributed by atoms with Gasteiger partial charge in [0.15, 0.2) is 5.75 Å². The number of esters is 1. The van der Waals surface area contributed by atoms with E-state index in [1.54, 1.807) is 6.92 Å². The van der Waals surface area contributed by atoms with Gasteiger partial charge in [-0.2, -0.15) is 5.10 Å². The van der Waals surface area contributed by atoms with Gasteiger partial charge in [-0.25, -0.2) is 13.2 Å². The molecule has 0 amide bonds. The quantitative estimate of drug-likeness (QED) is 0.486. The number of carbonyl (C=O) groups is 1. The van der Waals surface area contributed by atoms with Crippen molar-refractivity contribution in [1.82, 2.24) is 14.3 Å². The number of hydrogen-bond acceptors (Lipinski definition) is 7. The number of hydrogen-bond donors (Lipinski definition) is 0. The van der Waals surface area contributed by atoms with Crippen LogP contribution in [-0.2, 0) is 27.7 Å². The fourth-order valence-corrected chi connectivity index (χ4v) is 6.01. The number of pyridine rings is 1. The lowest BCUT2D eigenvalue weighted by atomic mass is 10.1. The third-order valence-electron chi connectivity index (χ3n) is 6.20. The lowest BCUT2D eigenvalue weighted by Gasteiger charge is -2.25. The number of sulfone groups is 1. The maximum Gasteiger partial charge on any atom is 0.343 e. The molecule has 1 aliphatic heterocycles. The lowest BCUT2D eigenvalue weighted by molar-refractivity contribution is 0.0523. The van der Waals surface area contributed by atoms with E-state index in [2.05, 4.69) is 5.10 Å². The lowest BCUT2D eigenvalue weighted by Crippen LogP contribution is -2.30. The number of fused-ring (bicyclic) bond motifs is 5. The van der Waals surface area contributed by atoms with Crippen LogP contribution < -0.4 is 10.2 Å². The minimum atomic E-state index is -3.20. The first kappa shape index (κ1) is 21.7. The molecule has 2 aromatic heterocycles. The predicted molar refractivity (Wildman–Crippen MR) is 122 cm³/mol. The Morgan fingerprint density at radius 2 is 1.94 bits per heavy atom. The average molecular weight is 472 g/mol. The van der Waals surface area contributed by atoms with Crippen LogP contribution in [0, 0.1) is 5.41 Å². The SMILES string of the molecule is CCOC(=O)c1cn2c(c(OCC3(CS(C)(=O)=O)CC3)c1=O)-c1c3ccccc3nn1CC2. The first-order valence-electron chi connectivity index (χ1n) is 10.9. The highest BCUT2D eigenvalue weighted by Crippen LogP contribution is 2.47. The Balaban J connectivity index is 1.66. The molecule has 2 aliphatic rings. The summed E-state index contributed by atoms with van der Waals surface area (Å²) in [6.45, 7) is 2.97. The number of nitrogens with zero attached hydrogens (tertiary/aromatic N) is 3. The standard InChI is InChI=1S/C23H25N3O6S/c1-3-31-22(28)16-12-25-10-11-26-18(15-6-4-5-7-17(15)24-26)19(25)21(20(16)27)32-13-23(8-9-23)14-33(2,29)30/h4-7,12H,3,8-11,13-14H2,1-2H3. The van der Waals surface area contributed by atoms with E-state index in [0.29, 0.717) is 31.6 Å². The van der Waals surface area contributed by atoms with E-state index in [1.807, 2.05) is 33.5 Å². The van der Waals surface area contributed by atoms with Gasteiger partial charge in [-0.05, 0) is 25.8 Å². The fourth-order valence-electron chi connectivity index (χ4n) is 4.53. The Labute approximate surface area is 190 Å². The molecule has 5 rings (SSSR count). The highest BCUT2D eigenvalue weighted by atomic mass is 32.2. The number of rotatable bonds is 7. The van der Waals surface area contributed by atoms with Gasteiger partial charge in [-0.15, -0.1) is 0 Å². The number of aryl methyl sites for hydroxylation is 2. The van der Waals surface area contributed by atoms with Gasteiger partial charge in [0, 0.05) is 29.8 Å². The number of benzene rings is 1. The summed E-state index contributed by atoms with van der Waals surface area (Å²) in [5, 5.41) is 5.53. The molecule has 3 heterocycles. The molecular formula is C23H25N3O6S. The molecule has 1 aromatic carbocycles. The monoisotopic (exact) mass is 471 g/mol. The molecule has 0 atom stereocenters. The van der Waals surface area contributed by atoms with Crippen LogP contribution in [0.25, 0.3) is 22.3 Å². The van der Waals surface area contributed by atoms with Gasteiger partial charge < -0.3 is 14.0 Å². The molecule has 0 bridgehead atoms. The molecule has 9 nitrogen and oxygen atoms in total. The van der Waals surface area contributed by atoms with E-state index >= 15 is 0 Å². The van der Waals surface area contributed by atoms with Crippen LogP contribution in [0.2, 0.25) is 0 Å². The molecule has 0 unspecified atom stereocenters. The number of ether oxygens (including phenoxy) is 2. The average Bonchev–Trinajstić information content (AvgIpc) is 3.39. The summed E-state index contributed by atoms with van der Waals surface area (Å²) in [7, 11) is -3.20. The molecule has 3 aromatic rings. The highest BCUT2D eigenvalue weighted by Gasteiger charge is 2.46. The zero-order valence-electron chi connectivity index (χ0n) is 18.5. The summed E-state index contributed by atoms with van der Waals surface area (Å²) >= 11 is 0. The van der Waals surface area contributed by atoms with E-state index in [4.69, 9.17) is 9.47 Å². The highest BCUT2D eigenvalue weighted by molar-refractivity contribution is 7.90. The maximum absolute atomic E-state index is 13.5. The second-order valence-corrected chi connectivity index (χ2v) is 11.1. The van der Waals surface area contributed by atoms with Crippen molar-refractivity contribution in [2.45, 2.75) is 32.9 Å². The van der Waals surface area contributed by atoms with E-state index in [-0.39, 0.29) is 30.3 Å². The molecule has 0 spiro atoms. The summed E-state index contributed by atoms with van der Waals surface area (Å²) in [5.41, 5.74) is 0.920. The molecule has 0 saturated heterocycles. The van der Waals surface area contributed by atoms with Gasteiger partial charge in [0.25, 0.3) is 0 Å². The Morgan fingerprint density at radius 1 is 1.18 bits per heavy atom. The Kier molecular flexibility index (Phi) is 5.08. The second kappa shape index (κ2) is 7.72. The molecular weight excluding hydrogens is 446 g/mol. The predicted octanol–water partition coefficient (Wildman–Crippen LogP) is 2.26. The molecule has 1 aliphatic carbocycles. The van der Waals surface area contributed by atoms with Crippen LogP contribution in [0.4, 0.5) is 0 Å². The number of carbonyl (C=O) groups excluding carboxylic acids is 1.